The van der Waals surface area contributed by atoms with Crippen LogP contribution in [0.3, 0.4) is 0 Å². The quantitative estimate of drug-likeness (QED) is 0.240. The zero-order chi connectivity index (χ0) is 41.1. The minimum atomic E-state index is -2.89. The molecular weight excluding hydrogens is 734 g/mol. The number of carbonyl (C=O) groups is 7. The molecule has 1 saturated heterocycles. The van der Waals surface area contributed by atoms with Crippen LogP contribution < -0.4 is 0 Å². The van der Waals surface area contributed by atoms with E-state index in [4.69, 9.17) is 37.9 Å². The molecule has 19 nitrogen and oxygen atoms in total. The zero-order valence-corrected chi connectivity index (χ0v) is 31.5. The fourth-order valence-electron chi connectivity index (χ4n) is 8.87. The monoisotopic (exact) mass is 779 g/mol. The average Bonchev–Trinajstić information content (AvgIpc) is 3.29. The number of aryl methyl sites for hydroxylation is 1. The highest BCUT2D eigenvalue weighted by atomic mass is 16.7. The van der Waals surface area contributed by atoms with Gasteiger partial charge in [-0.3, -0.25) is 29.0 Å². The van der Waals surface area contributed by atoms with E-state index in [0.717, 1.165) is 48.5 Å². The van der Waals surface area contributed by atoms with Crippen LogP contribution in [0.4, 0.5) is 0 Å². The lowest BCUT2D eigenvalue weighted by atomic mass is 9.45. The predicted molar refractivity (Wildman–Crippen MR) is 177 cm³/mol. The molecule has 2 aliphatic carbocycles. The third-order valence-corrected chi connectivity index (χ3v) is 10.9. The second kappa shape index (κ2) is 14.4. The van der Waals surface area contributed by atoms with Crippen molar-refractivity contribution in [1.82, 2.24) is 4.98 Å². The number of ether oxygens (including phenoxy) is 8. The summed E-state index contributed by atoms with van der Waals surface area (Å²) < 4.78 is 47.4. The molecule has 3 unspecified atom stereocenters. The standard InChI is InChI=1S/C36H45NO18/c1-16(38)48-15-35-28(52-19(4)41)24(43)27-34(8,47)36(35)26(51-18(3)40)23(25(50-17(2)39)29(35)53-20(5)42)33(7,55-36)14-49-30(44)21-10-9-13-37-22(21)11-12-32(6,46)31(45)54-27/h9-10,13,23-29,43,46-47H,11-12,14-15H2,1-8H3/t23?,24-,25+,26+,27-,28-,29+,32?,33-,34-,35-,36?/m0/s1. The van der Waals surface area contributed by atoms with Crippen molar-refractivity contribution < 1.29 is 86.8 Å². The molecule has 4 aliphatic rings. The van der Waals surface area contributed by atoms with E-state index >= 15 is 0 Å². The molecule has 0 aromatic carbocycles. The van der Waals surface area contributed by atoms with Crippen molar-refractivity contribution in [3.63, 3.8) is 0 Å². The minimum absolute atomic E-state index is 0.0737. The molecule has 12 atom stereocenters. The number of hydrogen-bond donors (Lipinski definition) is 3. The molecule has 3 fully saturated rings. The lowest BCUT2D eigenvalue weighted by Crippen LogP contribution is -2.89. The summed E-state index contributed by atoms with van der Waals surface area (Å²) in [5.41, 5.74) is -12.7. The molecular formula is C36H45NO18. The van der Waals surface area contributed by atoms with Crippen LogP contribution in [-0.4, -0.2) is 134 Å². The zero-order valence-electron chi connectivity index (χ0n) is 31.5. The molecule has 1 aromatic heterocycles. The molecule has 0 amide bonds. The summed E-state index contributed by atoms with van der Waals surface area (Å²) in [5.74, 6) is -9.11. The van der Waals surface area contributed by atoms with Gasteiger partial charge in [0.15, 0.2) is 23.4 Å². The van der Waals surface area contributed by atoms with Gasteiger partial charge in [0, 0.05) is 40.8 Å². The Morgan fingerprint density at radius 2 is 1.44 bits per heavy atom. The van der Waals surface area contributed by atoms with Gasteiger partial charge in [0.1, 0.15) is 54.2 Å². The summed E-state index contributed by atoms with van der Waals surface area (Å²) in [7, 11) is 0. The number of cyclic esters (lactones) is 1. The highest BCUT2D eigenvalue weighted by Crippen LogP contribution is 2.70. The van der Waals surface area contributed by atoms with Crippen LogP contribution in [-0.2, 0) is 73.1 Å². The first-order valence-corrected chi connectivity index (χ1v) is 17.4. The fraction of sp³-hybridized carbons (Fsp3) is 0.667. The van der Waals surface area contributed by atoms with Crippen molar-refractivity contribution in [2.45, 2.75) is 127 Å². The lowest BCUT2D eigenvalue weighted by molar-refractivity contribution is -0.387. The van der Waals surface area contributed by atoms with E-state index in [1.54, 1.807) is 0 Å². The van der Waals surface area contributed by atoms with Crippen LogP contribution >= 0.6 is 0 Å². The van der Waals surface area contributed by atoms with E-state index in [1.807, 2.05) is 0 Å². The van der Waals surface area contributed by atoms with E-state index in [-0.39, 0.29) is 17.7 Å². The maximum absolute atomic E-state index is 13.9. The Balaban J connectivity index is 1.95. The summed E-state index contributed by atoms with van der Waals surface area (Å²) in [4.78, 5) is 96.7. The van der Waals surface area contributed by atoms with Gasteiger partial charge in [-0.15, -0.1) is 0 Å². The number of aliphatic hydroxyl groups is 3. The van der Waals surface area contributed by atoms with E-state index in [1.165, 1.54) is 25.3 Å². The molecule has 302 valence electrons. The van der Waals surface area contributed by atoms with E-state index in [0.29, 0.717) is 0 Å². The van der Waals surface area contributed by atoms with Gasteiger partial charge >= 0.3 is 41.8 Å². The molecule has 4 bridgehead atoms. The van der Waals surface area contributed by atoms with Crippen LogP contribution in [0.1, 0.15) is 77.9 Å². The summed E-state index contributed by atoms with van der Waals surface area (Å²) in [5, 5.41) is 36.8. The van der Waals surface area contributed by atoms with Gasteiger partial charge in [0.2, 0.25) is 0 Å². The highest BCUT2D eigenvalue weighted by Gasteiger charge is 2.91. The topological polar surface area (TPSA) is 267 Å². The fourth-order valence-corrected chi connectivity index (χ4v) is 8.87. The van der Waals surface area contributed by atoms with Gasteiger partial charge in [-0.2, -0.15) is 0 Å². The lowest BCUT2D eigenvalue weighted by Gasteiger charge is -2.67. The van der Waals surface area contributed by atoms with Crippen molar-refractivity contribution in [1.29, 1.82) is 0 Å². The SMILES string of the molecule is CC(=O)OC[C@]12[C@H](OC(C)=O)[C@H](OC(C)=O)C3[C@@H](OC(C)=O)C14O[C@@]3(C)COC(=O)c1cccnc1CCC(C)(O)C(=O)O[C@@H]([C@H](O)[C@@H]2OC(C)=O)[C@]4(C)O. The Morgan fingerprint density at radius 1 is 0.855 bits per heavy atom. The molecule has 1 aromatic rings. The number of esters is 7. The van der Waals surface area contributed by atoms with Crippen molar-refractivity contribution >= 4 is 41.8 Å². The largest absolute Gasteiger partial charge is 0.465 e. The molecule has 19 heteroatoms. The van der Waals surface area contributed by atoms with Crippen LogP contribution in [0.5, 0.6) is 0 Å². The van der Waals surface area contributed by atoms with Crippen LogP contribution in [0, 0.1) is 11.3 Å². The smallest absolute Gasteiger partial charge is 0.340 e. The maximum atomic E-state index is 13.9. The number of hydrogen-bond acceptors (Lipinski definition) is 19. The molecule has 3 N–H and O–H groups in total. The molecule has 3 heterocycles. The average molecular weight is 780 g/mol. The summed E-state index contributed by atoms with van der Waals surface area (Å²) in [6, 6.07) is 2.82. The summed E-state index contributed by atoms with van der Waals surface area (Å²) in [6.07, 6.45) is -11.7. The third-order valence-electron chi connectivity index (χ3n) is 10.9. The van der Waals surface area contributed by atoms with Gasteiger partial charge in [-0.05, 0) is 45.7 Å². The number of rotatable bonds is 6. The number of aliphatic hydroxyl groups excluding tert-OH is 1. The third kappa shape index (κ3) is 6.69. The van der Waals surface area contributed by atoms with Gasteiger partial charge in [-0.25, -0.2) is 9.59 Å². The number of fused-ring (bicyclic) bond motifs is 5. The Morgan fingerprint density at radius 3 is 2.02 bits per heavy atom. The molecule has 55 heavy (non-hydrogen) atoms. The van der Waals surface area contributed by atoms with Crippen molar-refractivity contribution in [2.75, 3.05) is 13.2 Å². The molecule has 2 aliphatic heterocycles. The number of carbonyl (C=O) groups excluding carboxylic acids is 7. The van der Waals surface area contributed by atoms with Crippen LogP contribution in [0.15, 0.2) is 18.3 Å². The Kier molecular flexibility index (Phi) is 10.9. The second-order valence-electron chi connectivity index (χ2n) is 15.0. The summed E-state index contributed by atoms with van der Waals surface area (Å²) in [6.45, 7) is 6.46. The second-order valence-corrected chi connectivity index (χ2v) is 15.0. The van der Waals surface area contributed by atoms with Gasteiger partial charge in [-0.1, -0.05) is 0 Å². The van der Waals surface area contributed by atoms with Gasteiger partial charge < -0.3 is 53.2 Å². The van der Waals surface area contributed by atoms with E-state index < -0.39 is 132 Å². The van der Waals surface area contributed by atoms with Crippen LogP contribution in [0.25, 0.3) is 0 Å². The molecule has 5 rings (SSSR count). The Labute approximate surface area is 314 Å². The van der Waals surface area contributed by atoms with E-state index in [2.05, 4.69) is 4.98 Å². The molecule has 2 saturated carbocycles. The molecule has 0 radical (unpaired) electrons. The normalized spacial score (nSPS) is 39.5. The van der Waals surface area contributed by atoms with Gasteiger partial charge in [0.05, 0.1) is 17.2 Å². The summed E-state index contributed by atoms with van der Waals surface area (Å²) >= 11 is 0. The first kappa shape index (κ1) is 41.4. The minimum Gasteiger partial charge on any atom is -0.465 e. The number of nitrogens with zero attached hydrogens (tertiary/aromatic N) is 1. The van der Waals surface area contributed by atoms with Crippen molar-refractivity contribution in [3.8, 4) is 0 Å². The maximum Gasteiger partial charge on any atom is 0.340 e. The van der Waals surface area contributed by atoms with Gasteiger partial charge in [0.25, 0.3) is 0 Å². The van der Waals surface area contributed by atoms with Crippen LogP contribution in [0.2, 0.25) is 0 Å². The first-order chi connectivity index (χ1) is 25.5. The Hall–Kier alpha value is -4.72. The Bertz CT molecular complexity index is 1780. The first-order valence-electron chi connectivity index (χ1n) is 17.4. The van der Waals surface area contributed by atoms with E-state index in [9.17, 15) is 48.9 Å². The highest BCUT2D eigenvalue weighted by molar-refractivity contribution is 5.90. The number of aromatic nitrogens is 1. The van der Waals surface area contributed by atoms with Crippen molar-refractivity contribution in [3.05, 3.63) is 29.6 Å². The predicted octanol–water partition coefficient (Wildman–Crippen LogP) is -0.593. The molecule has 1 spiro atoms. The van der Waals surface area contributed by atoms with Crippen molar-refractivity contribution in [2.24, 2.45) is 11.3 Å². The number of pyridine rings is 1.